The predicted molar refractivity (Wildman–Crippen MR) is 79.4 cm³/mol. The molecule has 0 aliphatic carbocycles. The molecule has 1 aliphatic heterocycles. The number of benzene rings is 1. The molecule has 2 rings (SSSR count). The van der Waals surface area contributed by atoms with Gasteiger partial charge < -0.3 is 4.74 Å². The Morgan fingerprint density at radius 2 is 2.10 bits per heavy atom. The number of ether oxygens (including phenoxy) is 1. The van der Waals surface area contributed by atoms with Crippen molar-refractivity contribution in [3.05, 3.63) is 29.8 Å². The summed E-state index contributed by atoms with van der Waals surface area (Å²) >= 11 is 5.87. The van der Waals surface area contributed by atoms with Gasteiger partial charge in [-0.05, 0) is 25.0 Å². The number of halogens is 1. The monoisotopic (exact) mass is 317 g/mol. The molecule has 0 saturated carbocycles. The fourth-order valence-electron chi connectivity index (χ4n) is 2.42. The maximum absolute atomic E-state index is 12.9. The molecular weight excluding hydrogens is 298 g/mol. The maximum Gasteiger partial charge on any atom is 0.243 e. The molecule has 1 aromatic carbocycles. The van der Waals surface area contributed by atoms with Crippen molar-refractivity contribution in [3.8, 4) is 0 Å². The van der Waals surface area contributed by atoms with Gasteiger partial charge in [0.2, 0.25) is 10.0 Å². The van der Waals surface area contributed by atoms with Gasteiger partial charge in [0, 0.05) is 18.5 Å². The van der Waals surface area contributed by atoms with Crippen LogP contribution in [0.5, 0.6) is 0 Å². The number of nitrogens with zero attached hydrogens (tertiary/aromatic N) is 1. The van der Waals surface area contributed by atoms with E-state index in [0.29, 0.717) is 23.6 Å². The Balaban J connectivity index is 2.42. The van der Waals surface area contributed by atoms with Gasteiger partial charge in [0.25, 0.3) is 0 Å². The van der Waals surface area contributed by atoms with Gasteiger partial charge >= 0.3 is 0 Å². The minimum absolute atomic E-state index is 0.0873. The van der Waals surface area contributed by atoms with E-state index in [2.05, 4.69) is 0 Å². The Hall–Kier alpha value is -0.620. The van der Waals surface area contributed by atoms with E-state index in [0.717, 1.165) is 6.42 Å². The smallest absolute Gasteiger partial charge is 0.243 e. The predicted octanol–water partition coefficient (Wildman–Crippen LogP) is 2.61. The summed E-state index contributed by atoms with van der Waals surface area (Å²) in [6.07, 6.45) is 0.644. The molecule has 0 amide bonds. The van der Waals surface area contributed by atoms with E-state index in [-0.39, 0.29) is 18.0 Å². The van der Waals surface area contributed by atoms with Gasteiger partial charge in [-0.25, -0.2) is 8.42 Å². The second-order valence-electron chi connectivity index (χ2n) is 5.02. The fourth-order valence-corrected chi connectivity index (χ4v) is 4.72. The third kappa shape index (κ3) is 3.01. The average molecular weight is 318 g/mol. The lowest BCUT2D eigenvalue weighted by molar-refractivity contribution is -0.0230. The van der Waals surface area contributed by atoms with Crippen molar-refractivity contribution in [2.24, 2.45) is 0 Å². The number of sulfonamides is 1. The fraction of sp³-hybridized carbons (Fsp3) is 0.571. The normalized spacial score (nSPS) is 24.8. The van der Waals surface area contributed by atoms with Crippen LogP contribution in [-0.2, 0) is 20.6 Å². The van der Waals surface area contributed by atoms with E-state index in [4.69, 9.17) is 16.3 Å². The van der Waals surface area contributed by atoms with E-state index < -0.39 is 10.0 Å². The quantitative estimate of drug-likeness (QED) is 0.802. The molecule has 1 aliphatic rings. The Morgan fingerprint density at radius 3 is 2.75 bits per heavy atom. The summed E-state index contributed by atoms with van der Waals surface area (Å²) in [5, 5.41) is 0. The van der Waals surface area contributed by atoms with Gasteiger partial charge in [-0.1, -0.05) is 25.1 Å². The van der Waals surface area contributed by atoms with E-state index in [9.17, 15) is 8.42 Å². The average Bonchev–Trinajstić information content (AvgIpc) is 2.47. The van der Waals surface area contributed by atoms with Crippen molar-refractivity contribution in [1.29, 1.82) is 0 Å². The lowest BCUT2D eigenvalue weighted by Gasteiger charge is -2.37. The second-order valence-corrected chi connectivity index (χ2v) is 7.15. The largest absolute Gasteiger partial charge is 0.375 e. The third-order valence-electron chi connectivity index (χ3n) is 3.59. The Kier molecular flexibility index (Phi) is 5.07. The molecule has 2 atom stereocenters. The molecule has 0 N–H and O–H groups in total. The first-order chi connectivity index (χ1) is 9.50. The van der Waals surface area contributed by atoms with Crippen LogP contribution < -0.4 is 0 Å². The molecule has 1 heterocycles. The van der Waals surface area contributed by atoms with Crippen molar-refractivity contribution < 1.29 is 13.2 Å². The highest BCUT2D eigenvalue weighted by molar-refractivity contribution is 7.89. The van der Waals surface area contributed by atoms with Crippen LogP contribution in [-0.4, -0.2) is 38.0 Å². The summed E-state index contributed by atoms with van der Waals surface area (Å²) < 4.78 is 32.9. The van der Waals surface area contributed by atoms with Crippen LogP contribution in [0.1, 0.15) is 25.8 Å². The molecule has 20 heavy (non-hydrogen) atoms. The van der Waals surface area contributed by atoms with Crippen LogP contribution in [0, 0.1) is 0 Å². The van der Waals surface area contributed by atoms with Crippen molar-refractivity contribution in [1.82, 2.24) is 4.31 Å². The molecule has 0 aromatic heterocycles. The van der Waals surface area contributed by atoms with E-state index >= 15 is 0 Å². The first-order valence-corrected chi connectivity index (χ1v) is 8.75. The summed E-state index contributed by atoms with van der Waals surface area (Å²) in [5.41, 5.74) is 0.642. The molecule has 0 radical (unpaired) electrons. The summed E-state index contributed by atoms with van der Waals surface area (Å²) in [6.45, 7) is 4.69. The Labute approximate surface area is 125 Å². The summed E-state index contributed by atoms with van der Waals surface area (Å²) in [7, 11) is -3.53. The zero-order chi connectivity index (χ0) is 14.8. The standard InChI is InChI=1S/C14H20ClNO3S/c1-3-13-10-19-11(2)9-16(13)20(17,18)14-7-5-4-6-12(14)8-15/h4-7,11,13H,3,8-10H2,1-2H3. The number of hydrogen-bond acceptors (Lipinski definition) is 3. The van der Waals surface area contributed by atoms with Gasteiger partial charge in [-0.3, -0.25) is 0 Å². The number of morpholine rings is 1. The molecule has 1 aromatic rings. The molecular formula is C14H20ClNO3S. The summed E-state index contributed by atoms with van der Waals surface area (Å²) in [5.74, 6) is 0.187. The number of rotatable bonds is 4. The summed E-state index contributed by atoms with van der Waals surface area (Å²) in [6, 6.07) is 6.80. The third-order valence-corrected chi connectivity index (χ3v) is 5.90. The second kappa shape index (κ2) is 6.43. The Bertz CT molecular complexity index is 561. The van der Waals surface area contributed by atoms with Gasteiger partial charge in [-0.2, -0.15) is 4.31 Å². The van der Waals surface area contributed by atoms with Crippen molar-refractivity contribution in [2.45, 2.75) is 43.2 Å². The van der Waals surface area contributed by atoms with Gasteiger partial charge in [0.05, 0.1) is 17.6 Å². The first kappa shape index (κ1) is 15.8. The molecule has 4 nitrogen and oxygen atoms in total. The zero-order valence-electron chi connectivity index (χ0n) is 11.8. The SMILES string of the molecule is CCC1COC(C)CN1S(=O)(=O)c1ccccc1CCl. The molecule has 1 fully saturated rings. The minimum atomic E-state index is -3.53. The highest BCUT2D eigenvalue weighted by atomic mass is 35.5. The lowest BCUT2D eigenvalue weighted by atomic mass is 10.2. The highest BCUT2D eigenvalue weighted by Crippen LogP contribution is 2.27. The molecule has 6 heteroatoms. The van der Waals surface area contributed by atoms with Crippen molar-refractivity contribution in [3.63, 3.8) is 0 Å². The van der Waals surface area contributed by atoms with Crippen molar-refractivity contribution in [2.75, 3.05) is 13.2 Å². The first-order valence-electron chi connectivity index (χ1n) is 6.78. The minimum Gasteiger partial charge on any atom is -0.375 e. The molecule has 112 valence electrons. The van der Waals surface area contributed by atoms with Crippen molar-refractivity contribution >= 4 is 21.6 Å². The van der Waals surface area contributed by atoms with Crippen LogP contribution in [0.2, 0.25) is 0 Å². The number of alkyl halides is 1. The van der Waals surface area contributed by atoms with E-state index in [1.165, 1.54) is 0 Å². The van der Waals surface area contributed by atoms with Crippen LogP contribution in [0.25, 0.3) is 0 Å². The molecule has 1 saturated heterocycles. The molecule has 2 unspecified atom stereocenters. The van der Waals surface area contributed by atoms with Crippen LogP contribution in [0.3, 0.4) is 0 Å². The van der Waals surface area contributed by atoms with E-state index in [1.807, 2.05) is 13.8 Å². The van der Waals surface area contributed by atoms with Gasteiger partial charge in [0.15, 0.2) is 0 Å². The highest BCUT2D eigenvalue weighted by Gasteiger charge is 2.36. The summed E-state index contributed by atoms with van der Waals surface area (Å²) in [4.78, 5) is 0.308. The topological polar surface area (TPSA) is 46.6 Å². The number of hydrogen-bond donors (Lipinski definition) is 0. The van der Waals surface area contributed by atoms with Gasteiger partial charge in [-0.15, -0.1) is 11.6 Å². The van der Waals surface area contributed by atoms with E-state index in [1.54, 1.807) is 28.6 Å². The molecule has 0 bridgehead atoms. The molecule has 0 spiro atoms. The maximum atomic E-state index is 12.9. The lowest BCUT2D eigenvalue weighted by Crippen LogP contribution is -2.51. The van der Waals surface area contributed by atoms with Gasteiger partial charge in [0.1, 0.15) is 0 Å². The zero-order valence-corrected chi connectivity index (χ0v) is 13.3. The Morgan fingerprint density at radius 1 is 1.40 bits per heavy atom. The van der Waals surface area contributed by atoms with Crippen LogP contribution >= 0.6 is 11.6 Å². The van der Waals surface area contributed by atoms with Crippen LogP contribution in [0.15, 0.2) is 29.2 Å². The van der Waals surface area contributed by atoms with Crippen LogP contribution in [0.4, 0.5) is 0 Å².